The first-order valence-electron chi connectivity index (χ1n) is 10.1. The van der Waals surface area contributed by atoms with Gasteiger partial charge >= 0.3 is 6.09 Å². The Morgan fingerprint density at radius 3 is 2.34 bits per heavy atom. The fourth-order valence-electron chi connectivity index (χ4n) is 3.88. The monoisotopic (exact) mass is 422 g/mol. The molecule has 0 unspecified atom stereocenters. The van der Waals surface area contributed by atoms with E-state index in [1.165, 1.54) is 0 Å². The molecule has 3 atom stereocenters. The molecule has 1 aromatic carbocycles. The molecule has 1 aliphatic heterocycles. The number of carbonyl (C=O) groups excluding carboxylic acids is 2. The second-order valence-corrected chi connectivity index (χ2v) is 10.2. The molecule has 1 saturated carbocycles. The average molecular weight is 423 g/mol. The second kappa shape index (κ2) is 7.71. The zero-order valence-corrected chi connectivity index (χ0v) is 18.8. The van der Waals surface area contributed by atoms with Crippen molar-refractivity contribution in [3.05, 3.63) is 28.8 Å². The molecule has 6 nitrogen and oxygen atoms in total. The van der Waals surface area contributed by atoms with Gasteiger partial charge in [-0.25, -0.2) is 4.79 Å². The van der Waals surface area contributed by atoms with Gasteiger partial charge in [-0.1, -0.05) is 11.6 Å². The van der Waals surface area contributed by atoms with E-state index in [4.69, 9.17) is 21.1 Å². The normalized spacial score (nSPS) is 23.4. The van der Waals surface area contributed by atoms with Crippen LogP contribution in [-0.2, 0) is 9.53 Å². The third kappa shape index (κ3) is 5.35. The number of rotatable bonds is 5. The van der Waals surface area contributed by atoms with Crippen molar-refractivity contribution < 1.29 is 19.1 Å². The van der Waals surface area contributed by atoms with Gasteiger partial charge in [0.25, 0.3) is 0 Å². The molecule has 0 aromatic heterocycles. The number of hydrogen-bond acceptors (Lipinski definition) is 4. The SMILES string of the molecule is Cc1cc(Cl)ccc1OCC(C)(C)NC(=O)[C@H]1[C@@H]2CN(C(=O)OC(C)(C)C)C[C@@H]21. The van der Waals surface area contributed by atoms with Crippen molar-refractivity contribution in [1.29, 1.82) is 0 Å². The van der Waals surface area contributed by atoms with Crippen LogP contribution in [0.5, 0.6) is 5.75 Å². The first-order chi connectivity index (χ1) is 13.4. The molecule has 1 aliphatic carbocycles. The Hall–Kier alpha value is -1.95. The van der Waals surface area contributed by atoms with Gasteiger partial charge in [-0.3, -0.25) is 4.79 Å². The molecule has 0 spiro atoms. The van der Waals surface area contributed by atoms with Crippen LogP contribution in [0.25, 0.3) is 0 Å². The number of benzene rings is 1. The molecule has 0 bridgehead atoms. The maximum absolute atomic E-state index is 12.7. The molecule has 2 aliphatic rings. The number of amides is 2. The lowest BCUT2D eigenvalue weighted by molar-refractivity contribution is -0.125. The van der Waals surface area contributed by atoms with Crippen molar-refractivity contribution in [1.82, 2.24) is 10.2 Å². The average Bonchev–Trinajstić information content (AvgIpc) is 3.06. The Balaban J connectivity index is 1.47. The molecule has 160 valence electrons. The smallest absolute Gasteiger partial charge is 0.410 e. The van der Waals surface area contributed by atoms with Crippen LogP contribution in [-0.4, -0.2) is 47.7 Å². The van der Waals surface area contributed by atoms with Crippen molar-refractivity contribution >= 4 is 23.6 Å². The van der Waals surface area contributed by atoms with Gasteiger partial charge in [0.1, 0.15) is 18.0 Å². The van der Waals surface area contributed by atoms with Gasteiger partial charge in [0.15, 0.2) is 0 Å². The van der Waals surface area contributed by atoms with Crippen LogP contribution in [0.4, 0.5) is 4.79 Å². The lowest BCUT2D eigenvalue weighted by Gasteiger charge is -2.28. The molecule has 3 rings (SSSR count). The molecule has 2 fully saturated rings. The number of ether oxygens (including phenoxy) is 2. The number of fused-ring (bicyclic) bond motifs is 1. The molecule has 7 heteroatoms. The highest BCUT2D eigenvalue weighted by atomic mass is 35.5. The Kier molecular flexibility index (Phi) is 5.78. The van der Waals surface area contributed by atoms with Crippen molar-refractivity contribution in [3.8, 4) is 5.75 Å². The number of nitrogens with zero attached hydrogens (tertiary/aromatic N) is 1. The number of nitrogens with one attached hydrogen (secondary N) is 1. The maximum Gasteiger partial charge on any atom is 0.410 e. The number of piperidine rings is 1. The van der Waals surface area contributed by atoms with Gasteiger partial charge in [0, 0.05) is 24.0 Å². The predicted octanol–water partition coefficient (Wildman–Crippen LogP) is 4.03. The third-order valence-electron chi connectivity index (χ3n) is 5.34. The largest absolute Gasteiger partial charge is 0.491 e. The standard InChI is InChI=1S/C22H31ClN2O4/c1-13-9-14(23)7-8-17(13)28-12-22(5,6)24-19(26)18-15-10-25(11-16(15)18)20(27)29-21(2,3)4/h7-9,15-16,18H,10-12H2,1-6H3,(H,24,26)/t15-,16+,18+. The maximum atomic E-state index is 12.7. The van der Waals surface area contributed by atoms with Gasteiger partial charge in [-0.15, -0.1) is 0 Å². The van der Waals surface area contributed by atoms with Crippen LogP contribution in [0.2, 0.25) is 5.02 Å². The van der Waals surface area contributed by atoms with Crippen molar-refractivity contribution in [2.24, 2.45) is 17.8 Å². The van der Waals surface area contributed by atoms with Crippen LogP contribution in [0.15, 0.2) is 18.2 Å². The van der Waals surface area contributed by atoms with Crippen LogP contribution >= 0.6 is 11.6 Å². The van der Waals surface area contributed by atoms with E-state index >= 15 is 0 Å². The van der Waals surface area contributed by atoms with E-state index in [0.29, 0.717) is 24.7 Å². The van der Waals surface area contributed by atoms with Gasteiger partial charge in [0.2, 0.25) is 5.91 Å². The van der Waals surface area contributed by atoms with Gasteiger partial charge in [-0.05, 0) is 77.1 Å². The van der Waals surface area contributed by atoms with E-state index in [1.807, 2.05) is 53.7 Å². The Morgan fingerprint density at radius 1 is 1.17 bits per heavy atom. The van der Waals surface area contributed by atoms with E-state index in [2.05, 4.69) is 5.32 Å². The van der Waals surface area contributed by atoms with Crippen molar-refractivity contribution in [2.45, 2.75) is 52.7 Å². The first-order valence-corrected chi connectivity index (χ1v) is 10.4. The molecular formula is C22H31ClN2O4. The highest BCUT2D eigenvalue weighted by Gasteiger charge is 2.61. The van der Waals surface area contributed by atoms with Crippen LogP contribution in [0.1, 0.15) is 40.2 Å². The summed E-state index contributed by atoms with van der Waals surface area (Å²) in [5.74, 6) is 1.19. The summed E-state index contributed by atoms with van der Waals surface area (Å²) in [5, 5.41) is 3.78. The lowest BCUT2D eigenvalue weighted by Crippen LogP contribution is -2.49. The van der Waals surface area contributed by atoms with E-state index in [-0.39, 0.29) is 29.8 Å². The quantitative estimate of drug-likeness (QED) is 0.777. The summed E-state index contributed by atoms with van der Waals surface area (Å²) in [6, 6.07) is 5.48. The van der Waals surface area contributed by atoms with Gasteiger partial charge < -0.3 is 19.7 Å². The summed E-state index contributed by atoms with van der Waals surface area (Å²) >= 11 is 5.98. The molecule has 1 heterocycles. The molecule has 1 saturated heterocycles. The summed E-state index contributed by atoms with van der Waals surface area (Å²) in [6.45, 7) is 12.9. The number of hydrogen-bond donors (Lipinski definition) is 1. The highest BCUT2D eigenvalue weighted by Crippen LogP contribution is 2.52. The predicted molar refractivity (Wildman–Crippen MR) is 112 cm³/mol. The van der Waals surface area contributed by atoms with E-state index in [0.717, 1.165) is 11.3 Å². The lowest BCUT2D eigenvalue weighted by atomic mass is 10.1. The minimum atomic E-state index is -0.509. The summed E-state index contributed by atoms with van der Waals surface area (Å²) < 4.78 is 11.3. The summed E-state index contributed by atoms with van der Waals surface area (Å²) in [4.78, 5) is 26.6. The summed E-state index contributed by atoms with van der Waals surface area (Å²) in [7, 11) is 0. The fourth-order valence-corrected chi connectivity index (χ4v) is 4.10. The Bertz CT molecular complexity index is 790. The van der Waals surface area contributed by atoms with E-state index < -0.39 is 11.1 Å². The molecular weight excluding hydrogens is 392 g/mol. The fraction of sp³-hybridized carbons (Fsp3) is 0.636. The van der Waals surface area contributed by atoms with Crippen molar-refractivity contribution in [2.75, 3.05) is 19.7 Å². The Morgan fingerprint density at radius 2 is 1.79 bits per heavy atom. The highest BCUT2D eigenvalue weighted by molar-refractivity contribution is 6.30. The van der Waals surface area contributed by atoms with Crippen LogP contribution in [0, 0.1) is 24.7 Å². The Labute approximate surface area is 177 Å². The minimum absolute atomic E-state index is 0.0327. The topological polar surface area (TPSA) is 67.9 Å². The second-order valence-electron chi connectivity index (χ2n) is 9.81. The van der Waals surface area contributed by atoms with Gasteiger partial charge in [0.05, 0.1) is 5.54 Å². The zero-order chi connectivity index (χ0) is 21.6. The minimum Gasteiger partial charge on any atom is -0.491 e. The number of carbonyl (C=O) groups is 2. The molecule has 0 radical (unpaired) electrons. The number of likely N-dealkylation sites (tertiary alicyclic amines) is 1. The van der Waals surface area contributed by atoms with Gasteiger partial charge in [-0.2, -0.15) is 0 Å². The summed E-state index contributed by atoms with van der Waals surface area (Å²) in [6.07, 6.45) is -0.295. The molecule has 29 heavy (non-hydrogen) atoms. The number of aryl methyl sites for hydroxylation is 1. The molecule has 1 aromatic rings. The van der Waals surface area contributed by atoms with E-state index in [9.17, 15) is 9.59 Å². The third-order valence-corrected chi connectivity index (χ3v) is 5.57. The van der Waals surface area contributed by atoms with Crippen LogP contribution in [0.3, 0.4) is 0 Å². The van der Waals surface area contributed by atoms with Crippen molar-refractivity contribution in [3.63, 3.8) is 0 Å². The van der Waals surface area contributed by atoms with Crippen LogP contribution < -0.4 is 10.1 Å². The molecule has 1 N–H and O–H groups in total. The van der Waals surface area contributed by atoms with E-state index in [1.54, 1.807) is 11.0 Å². The molecule has 2 amide bonds. The zero-order valence-electron chi connectivity index (χ0n) is 18.0. The summed E-state index contributed by atoms with van der Waals surface area (Å²) in [5.41, 5.74) is -0.0588. The number of halogens is 1. The first kappa shape index (κ1) is 21.8.